The van der Waals surface area contributed by atoms with Gasteiger partial charge in [-0.3, -0.25) is 9.59 Å². The van der Waals surface area contributed by atoms with Crippen molar-refractivity contribution in [2.75, 3.05) is 13.2 Å². The molecule has 1 aliphatic heterocycles. The summed E-state index contributed by atoms with van der Waals surface area (Å²) in [5.41, 5.74) is -1.10. The quantitative estimate of drug-likeness (QED) is 0.811. The Morgan fingerprint density at radius 3 is 2.90 bits per heavy atom. The fourth-order valence-corrected chi connectivity index (χ4v) is 2.20. The summed E-state index contributed by atoms with van der Waals surface area (Å²) in [6, 6.07) is 2.86. The Kier molecular flexibility index (Phi) is 4.29. The number of hydrogen-bond donors (Lipinski definition) is 2. The Bertz CT molecular complexity index is 553. The molecule has 2 unspecified atom stereocenters. The van der Waals surface area contributed by atoms with Crippen LogP contribution in [0.15, 0.2) is 27.3 Å². The SMILES string of the molecule is CC1(C(=O)O)COCC1NC(=O)C=Cc1ccc(Br)o1. The first kappa shape index (κ1) is 14.8. The lowest BCUT2D eigenvalue weighted by Crippen LogP contribution is -2.49. The summed E-state index contributed by atoms with van der Waals surface area (Å²) < 4.78 is 10.9. The first-order valence-corrected chi connectivity index (χ1v) is 6.76. The van der Waals surface area contributed by atoms with Crippen molar-refractivity contribution in [3.63, 3.8) is 0 Å². The van der Waals surface area contributed by atoms with Gasteiger partial charge in [0, 0.05) is 6.08 Å². The van der Waals surface area contributed by atoms with E-state index in [1.54, 1.807) is 19.1 Å². The van der Waals surface area contributed by atoms with Crippen molar-refractivity contribution < 1.29 is 23.8 Å². The monoisotopic (exact) mass is 343 g/mol. The number of carbonyl (C=O) groups excluding carboxylic acids is 1. The highest BCUT2D eigenvalue weighted by Gasteiger charge is 2.47. The molecule has 1 aromatic rings. The molecule has 1 aromatic heterocycles. The van der Waals surface area contributed by atoms with Gasteiger partial charge in [-0.2, -0.15) is 0 Å². The summed E-state index contributed by atoms with van der Waals surface area (Å²) in [6.07, 6.45) is 2.81. The maximum atomic E-state index is 11.8. The number of carbonyl (C=O) groups is 2. The topological polar surface area (TPSA) is 88.8 Å². The summed E-state index contributed by atoms with van der Waals surface area (Å²) >= 11 is 3.16. The predicted octanol–water partition coefficient (Wildman–Crippen LogP) is 1.66. The third kappa shape index (κ3) is 3.10. The molecule has 1 amide bonds. The van der Waals surface area contributed by atoms with E-state index in [0.29, 0.717) is 10.4 Å². The number of carboxylic acids is 1. The summed E-state index contributed by atoms with van der Waals surface area (Å²) in [7, 11) is 0. The second kappa shape index (κ2) is 5.80. The zero-order valence-corrected chi connectivity index (χ0v) is 12.3. The maximum absolute atomic E-state index is 11.8. The Morgan fingerprint density at radius 2 is 2.30 bits per heavy atom. The maximum Gasteiger partial charge on any atom is 0.313 e. The van der Waals surface area contributed by atoms with Crippen LogP contribution in [-0.4, -0.2) is 36.2 Å². The zero-order chi connectivity index (χ0) is 14.8. The molecule has 0 aliphatic carbocycles. The van der Waals surface area contributed by atoms with Gasteiger partial charge in [0.25, 0.3) is 0 Å². The number of rotatable bonds is 4. The van der Waals surface area contributed by atoms with Crippen LogP contribution in [0.2, 0.25) is 0 Å². The van der Waals surface area contributed by atoms with E-state index in [0.717, 1.165) is 0 Å². The van der Waals surface area contributed by atoms with Crippen LogP contribution in [0, 0.1) is 5.41 Å². The molecule has 6 nitrogen and oxygen atoms in total. The van der Waals surface area contributed by atoms with Crippen molar-refractivity contribution in [1.29, 1.82) is 0 Å². The van der Waals surface area contributed by atoms with E-state index in [4.69, 9.17) is 9.15 Å². The molecule has 108 valence electrons. The van der Waals surface area contributed by atoms with E-state index in [1.165, 1.54) is 12.2 Å². The minimum atomic E-state index is -1.10. The van der Waals surface area contributed by atoms with Crippen LogP contribution >= 0.6 is 15.9 Å². The van der Waals surface area contributed by atoms with Crippen LogP contribution in [0.3, 0.4) is 0 Å². The first-order valence-electron chi connectivity index (χ1n) is 5.97. The molecule has 1 fully saturated rings. The molecule has 1 saturated heterocycles. The van der Waals surface area contributed by atoms with E-state index in [2.05, 4.69) is 21.2 Å². The smallest absolute Gasteiger partial charge is 0.313 e. The van der Waals surface area contributed by atoms with Gasteiger partial charge in [-0.15, -0.1) is 0 Å². The van der Waals surface area contributed by atoms with Crippen molar-refractivity contribution in [2.24, 2.45) is 5.41 Å². The van der Waals surface area contributed by atoms with Gasteiger partial charge in [-0.1, -0.05) is 0 Å². The van der Waals surface area contributed by atoms with Gasteiger partial charge in [-0.05, 0) is 41.1 Å². The second-order valence-corrected chi connectivity index (χ2v) is 5.56. The van der Waals surface area contributed by atoms with E-state index < -0.39 is 17.4 Å². The van der Waals surface area contributed by atoms with Crippen LogP contribution in [0.4, 0.5) is 0 Å². The molecule has 2 heterocycles. The molecule has 2 rings (SSSR count). The average Bonchev–Trinajstić information content (AvgIpc) is 2.95. The van der Waals surface area contributed by atoms with E-state index >= 15 is 0 Å². The molecular weight excluding hydrogens is 330 g/mol. The Hall–Kier alpha value is -1.60. The van der Waals surface area contributed by atoms with Crippen molar-refractivity contribution >= 4 is 33.9 Å². The molecule has 0 bridgehead atoms. The van der Waals surface area contributed by atoms with Crippen molar-refractivity contribution in [2.45, 2.75) is 13.0 Å². The molecule has 7 heteroatoms. The third-order valence-electron chi connectivity index (χ3n) is 3.25. The van der Waals surface area contributed by atoms with E-state index in [-0.39, 0.29) is 19.1 Å². The van der Waals surface area contributed by atoms with E-state index in [9.17, 15) is 14.7 Å². The van der Waals surface area contributed by atoms with Gasteiger partial charge >= 0.3 is 5.97 Å². The van der Waals surface area contributed by atoms with Crippen molar-refractivity contribution in [3.8, 4) is 0 Å². The van der Waals surface area contributed by atoms with Crippen LogP contribution in [0.25, 0.3) is 6.08 Å². The van der Waals surface area contributed by atoms with Crippen molar-refractivity contribution in [1.82, 2.24) is 5.32 Å². The number of ether oxygens (including phenoxy) is 1. The lowest BCUT2D eigenvalue weighted by atomic mass is 9.85. The van der Waals surface area contributed by atoms with Crippen molar-refractivity contribution in [3.05, 3.63) is 28.6 Å². The Labute approximate surface area is 123 Å². The van der Waals surface area contributed by atoms with Crippen LogP contribution < -0.4 is 5.32 Å². The minimum absolute atomic E-state index is 0.0854. The number of aliphatic carboxylic acids is 1. The summed E-state index contributed by atoms with van der Waals surface area (Å²) in [5.74, 6) is -0.851. The van der Waals surface area contributed by atoms with E-state index in [1.807, 2.05) is 0 Å². The largest absolute Gasteiger partial charge is 0.481 e. The minimum Gasteiger partial charge on any atom is -0.481 e. The molecule has 0 saturated carbocycles. The number of halogens is 1. The van der Waals surface area contributed by atoms with Crippen LogP contribution in [0.5, 0.6) is 0 Å². The van der Waals surface area contributed by atoms with Gasteiger partial charge in [0.05, 0.1) is 19.3 Å². The van der Waals surface area contributed by atoms with Crippen LogP contribution in [0.1, 0.15) is 12.7 Å². The highest BCUT2D eigenvalue weighted by atomic mass is 79.9. The van der Waals surface area contributed by atoms with Gasteiger partial charge in [0.1, 0.15) is 11.2 Å². The molecule has 2 atom stereocenters. The summed E-state index contributed by atoms with van der Waals surface area (Å²) in [4.78, 5) is 23.0. The number of nitrogens with one attached hydrogen (secondary N) is 1. The standard InChI is InChI=1S/C13H14BrNO5/c1-13(12(17)18)7-19-6-9(13)15-11(16)5-3-8-2-4-10(14)20-8/h2-5,9H,6-7H2,1H3,(H,15,16)(H,17,18). The third-order valence-corrected chi connectivity index (χ3v) is 3.68. The average molecular weight is 344 g/mol. The van der Waals surface area contributed by atoms with Gasteiger partial charge in [-0.25, -0.2) is 0 Å². The lowest BCUT2D eigenvalue weighted by Gasteiger charge is -2.24. The normalized spacial score (nSPS) is 26.0. The lowest BCUT2D eigenvalue weighted by molar-refractivity contribution is -0.148. The molecule has 1 aliphatic rings. The number of furan rings is 1. The highest BCUT2D eigenvalue weighted by molar-refractivity contribution is 9.10. The molecule has 0 spiro atoms. The molecule has 20 heavy (non-hydrogen) atoms. The number of amides is 1. The Balaban J connectivity index is 1.98. The Morgan fingerprint density at radius 1 is 1.55 bits per heavy atom. The van der Waals surface area contributed by atoms with Crippen LogP contribution in [-0.2, 0) is 14.3 Å². The molecule has 2 N–H and O–H groups in total. The fourth-order valence-electron chi connectivity index (χ4n) is 1.88. The number of carboxylic acid groups (broad SMARTS) is 1. The van der Waals surface area contributed by atoms with Gasteiger partial charge < -0.3 is 19.6 Å². The number of hydrogen-bond acceptors (Lipinski definition) is 4. The first-order chi connectivity index (χ1) is 9.41. The second-order valence-electron chi connectivity index (χ2n) is 4.77. The molecule has 0 radical (unpaired) electrons. The molecule has 0 aromatic carbocycles. The fraction of sp³-hybridized carbons (Fsp3) is 0.385. The zero-order valence-electron chi connectivity index (χ0n) is 10.8. The van der Waals surface area contributed by atoms with Gasteiger partial charge in [0.15, 0.2) is 4.67 Å². The predicted molar refractivity (Wildman–Crippen MR) is 73.9 cm³/mol. The highest BCUT2D eigenvalue weighted by Crippen LogP contribution is 2.28. The van der Waals surface area contributed by atoms with Gasteiger partial charge in [0.2, 0.25) is 5.91 Å². The summed E-state index contributed by atoms with van der Waals surface area (Å²) in [6.45, 7) is 1.83. The summed E-state index contributed by atoms with van der Waals surface area (Å²) in [5, 5.41) is 11.8. The molecular formula is C13H14BrNO5.